The first kappa shape index (κ1) is 52.1. The minimum atomic E-state index is 0.937. The number of fused-ring (bicyclic) bond motifs is 5. The van der Waals surface area contributed by atoms with Crippen LogP contribution in [0.4, 0.5) is 34.1 Å². The van der Waals surface area contributed by atoms with E-state index in [1.54, 1.807) is 0 Å². The van der Waals surface area contributed by atoms with E-state index >= 15 is 0 Å². The second kappa shape index (κ2) is 22.4. The molecule has 0 radical (unpaired) electrons. The number of allylic oxidation sites excluding steroid dienone is 5. The van der Waals surface area contributed by atoms with Crippen LogP contribution in [-0.2, 0) is 6.42 Å². The predicted molar refractivity (Wildman–Crippen MR) is 360 cm³/mol. The molecule has 0 fully saturated rings. The van der Waals surface area contributed by atoms with Crippen molar-refractivity contribution in [3.05, 3.63) is 318 Å². The third-order valence-corrected chi connectivity index (χ3v) is 17.3. The Kier molecular flexibility index (Phi) is 13.9. The lowest BCUT2D eigenvalue weighted by molar-refractivity contribution is 0.983. The molecule has 12 aromatic rings. The van der Waals surface area contributed by atoms with Crippen LogP contribution in [-0.4, -0.2) is 0 Å². The largest absolute Gasteiger partial charge is 0.310 e. The zero-order valence-corrected chi connectivity index (χ0v) is 48.3. The number of hydrogen-bond acceptors (Lipinski definition) is 2. The molecule has 0 saturated heterocycles. The number of anilines is 6. The van der Waals surface area contributed by atoms with Crippen LogP contribution in [0.25, 0.3) is 83.3 Å². The van der Waals surface area contributed by atoms with Crippen molar-refractivity contribution in [3.8, 4) is 44.5 Å². The fourth-order valence-electron chi connectivity index (χ4n) is 13.1. The Morgan fingerprint density at radius 2 is 0.774 bits per heavy atom. The van der Waals surface area contributed by atoms with Gasteiger partial charge in [-0.15, -0.1) is 0 Å². The first-order valence-electron chi connectivity index (χ1n) is 29.7. The third-order valence-electron chi connectivity index (χ3n) is 17.3. The van der Waals surface area contributed by atoms with Crippen LogP contribution < -0.4 is 9.80 Å². The molecule has 0 amide bonds. The number of nitrogens with zero attached hydrogens (tertiary/aromatic N) is 2. The van der Waals surface area contributed by atoms with E-state index in [1.807, 2.05) is 0 Å². The Balaban J connectivity index is 0.869. The minimum Gasteiger partial charge on any atom is -0.310 e. The Morgan fingerprint density at radius 3 is 1.35 bits per heavy atom. The fourth-order valence-corrected chi connectivity index (χ4v) is 13.1. The summed E-state index contributed by atoms with van der Waals surface area (Å²) in [5.41, 5.74) is 29.5. The van der Waals surface area contributed by atoms with Crippen LogP contribution in [0.5, 0.6) is 0 Å². The van der Waals surface area contributed by atoms with Gasteiger partial charge in [-0.2, -0.15) is 0 Å². The molecule has 0 bridgehead atoms. The summed E-state index contributed by atoms with van der Waals surface area (Å²) >= 11 is 0. The molecule has 84 heavy (non-hydrogen) atoms. The molecule has 2 aliphatic rings. The van der Waals surface area contributed by atoms with Gasteiger partial charge in [0, 0.05) is 28.1 Å². The molecule has 2 nitrogen and oxygen atoms in total. The van der Waals surface area contributed by atoms with E-state index < -0.39 is 0 Å². The lowest BCUT2D eigenvalue weighted by atomic mass is 9.87. The van der Waals surface area contributed by atoms with Crippen LogP contribution in [0.3, 0.4) is 0 Å². The lowest BCUT2D eigenvalue weighted by Gasteiger charge is -2.33. The molecule has 0 saturated carbocycles. The SMILES string of the molecule is Cc1ccc(N(c2ccc(C3=CCCC(c4cccc(-c5ccccc5)c4)=C3)cc2)c2cc3c(cc(N(c4ccc(-c5cccc(-c6cccc(-c7ccccc7)c6)c5)cc4)c4ccc(C)cc4C)c4ccccc43)c3c2CCC=C3)c(C)c1. The maximum absolute atomic E-state index is 2.55. The third kappa shape index (κ3) is 10.0. The van der Waals surface area contributed by atoms with Crippen LogP contribution in [0.1, 0.15) is 63.8 Å². The summed E-state index contributed by atoms with van der Waals surface area (Å²) < 4.78 is 0. The molecule has 0 spiro atoms. The number of benzene rings is 12. The quantitative estimate of drug-likeness (QED) is 0.113. The zero-order valence-electron chi connectivity index (χ0n) is 48.3. The number of aryl methyl sites for hydroxylation is 4. The summed E-state index contributed by atoms with van der Waals surface area (Å²) in [6.07, 6.45) is 13.6. The topological polar surface area (TPSA) is 6.48 Å². The molecular formula is C82H66N2. The molecular weight excluding hydrogens is 1010 g/mol. The summed E-state index contributed by atoms with van der Waals surface area (Å²) in [6.45, 7) is 8.90. The number of hydrogen-bond donors (Lipinski definition) is 0. The van der Waals surface area contributed by atoms with Crippen molar-refractivity contribution in [2.24, 2.45) is 0 Å². The van der Waals surface area contributed by atoms with Crippen molar-refractivity contribution in [2.75, 3.05) is 9.80 Å². The van der Waals surface area contributed by atoms with Gasteiger partial charge in [-0.25, -0.2) is 0 Å². The van der Waals surface area contributed by atoms with E-state index in [1.165, 1.54) is 133 Å². The van der Waals surface area contributed by atoms with Crippen molar-refractivity contribution in [1.29, 1.82) is 0 Å². The standard InChI is InChI=1S/C82H66N2/c1-55-35-45-79(57(3)47-55)83(71-41-37-61(38-42-71)65-25-17-29-69(51-65)67-27-15-23-63(49-67)59-19-7-5-8-20-59)81-53-77-74-32-12-14-34-76(74)82(54-78(77)73-31-11-13-33-75(73)81)84(80-46-36-56(2)48-58(80)4)72-43-39-62(40-44-72)66-26-18-30-70(52-66)68-28-16-24-64(50-68)60-21-9-6-10-22-60/h5-13,15-17,19-29,31-33,35-54H,14,18,30,34H2,1-4H3. The van der Waals surface area contributed by atoms with E-state index in [9.17, 15) is 0 Å². The van der Waals surface area contributed by atoms with Crippen LogP contribution in [0.2, 0.25) is 0 Å². The van der Waals surface area contributed by atoms with Gasteiger partial charge in [0.1, 0.15) is 0 Å². The van der Waals surface area contributed by atoms with E-state index in [4.69, 9.17) is 0 Å². The lowest BCUT2D eigenvalue weighted by Crippen LogP contribution is -2.16. The van der Waals surface area contributed by atoms with Crippen molar-refractivity contribution in [1.82, 2.24) is 0 Å². The first-order chi connectivity index (χ1) is 41.3. The maximum atomic E-state index is 2.55. The Bertz CT molecular complexity index is 4560. The van der Waals surface area contributed by atoms with Gasteiger partial charge in [-0.3, -0.25) is 0 Å². The molecule has 0 aliphatic heterocycles. The minimum absolute atomic E-state index is 0.937. The average Bonchev–Trinajstić information content (AvgIpc) is 3.48. The molecule has 14 rings (SSSR count). The smallest absolute Gasteiger partial charge is 0.0546 e. The molecule has 0 unspecified atom stereocenters. The normalized spacial score (nSPS) is 12.9. The van der Waals surface area contributed by atoms with E-state index in [0.29, 0.717) is 0 Å². The molecule has 12 aromatic carbocycles. The summed E-state index contributed by atoms with van der Waals surface area (Å²) in [5.74, 6) is 0. The highest BCUT2D eigenvalue weighted by molar-refractivity contribution is 6.18. The van der Waals surface area contributed by atoms with Gasteiger partial charge in [0.2, 0.25) is 0 Å². The maximum Gasteiger partial charge on any atom is 0.0546 e. The highest BCUT2D eigenvalue weighted by Crippen LogP contribution is 2.50. The zero-order chi connectivity index (χ0) is 56.7. The summed E-state index contributed by atoms with van der Waals surface area (Å²) in [5, 5.41) is 4.93. The highest BCUT2D eigenvalue weighted by atomic mass is 15.2. The van der Waals surface area contributed by atoms with E-state index in [2.05, 4.69) is 317 Å². The summed E-state index contributed by atoms with van der Waals surface area (Å²) in [6, 6.07) is 94.7. The monoisotopic (exact) mass is 1080 g/mol. The van der Waals surface area contributed by atoms with Crippen molar-refractivity contribution in [3.63, 3.8) is 0 Å². The Morgan fingerprint density at radius 1 is 0.310 bits per heavy atom. The molecule has 0 atom stereocenters. The van der Waals surface area contributed by atoms with Gasteiger partial charge in [0.05, 0.1) is 11.4 Å². The van der Waals surface area contributed by atoms with Gasteiger partial charge < -0.3 is 9.80 Å². The van der Waals surface area contributed by atoms with Gasteiger partial charge in [-0.05, 0) is 225 Å². The average molecular weight is 1080 g/mol. The number of rotatable bonds is 12. The summed E-state index contributed by atoms with van der Waals surface area (Å²) in [7, 11) is 0. The second-order valence-electron chi connectivity index (χ2n) is 23.0. The van der Waals surface area contributed by atoms with Crippen LogP contribution in [0, 0.1) is 27.7 Å². The van der Waals surface area contributed by atoms with Crippen molar-refractivity contribution >= 4 is 72.9 Å². The van der Waals surface area contributed by atoms with Crippen molar-refractivity contribution in [2.45, 2.75) is 53.4 Å². The molecule has 2 heteroatoms. The fraction of sp³-hybridized carbons (Fsp3) is 0.0976. The molecule has 404 valence electrons. The van der Waals surface area contributed by atoms with Crippen LogP contribution in [0.15, 0.2) is 273 Å². The van der Waals surface area contributed by atoms with Crippen molar-refractivity contribution < 1.29 is 0 Å². The molecule has 0 N–H and O–H groups in total. The van der Waals surface area contributed by atoms with Gasteiger partial charge in [0.25, 0.3) is 0 Å². The molecule has 0 heterocycles. The van der Waals surface area contributed by atoms with Crippen LogP contribution >= 0.6 is 0 Å². The van der Waals surface area contributed by atoms with E-state index in [-0.39, 0.29) is 0 Å². The predicted octanol–water partition coefficient (Wildman–Crippen LogP) is 23.1. The van der Waals surface area contributed by atoms with Gasteiger partial charge in [-0.1, -0.05) is 223 Å². The van der Waals surface area contributed by atoms with E-state index in [0.717, 1.165) is 48.4 Å². The first-order valence-corrected chi connectivity index (χ1v) is 29.7. The Hall–Kier alpha value is -10.0. The summed E-state index contributed by atoms with van der Waals surface area (Å²) in [4.78, 5) is 5.05. The second-order valence-corrected chi connectivity index (χ2v) is 23.0. The Labute approximate surface area is 495 Å². The van der Waals surface area contributed by atoms with Gasteiger partial charge >= 0.3 is 0 Å². The molecule has 0 aromatic heterocycles. The molecule has 2 aliphatic carbocycles. The highest BCUT2D eigenvalue weighted by Gasteiger charge is 2.26. The van der Waals surface area contributed by atoms with Gasteiger partial charge in [0.15, 0.2) is 0 Å².